The van der Waals surface area contributed by atoms with Crippen LogP contribution in [0.1, 0.15) is 33.1 Å². The summed E-state index contributed by atoms with van der Waals surface area (Å²) in [5.74, 6) is -0.487. The molecule has 0 radical (unpaired) electrons. The van der Waals surface area contributed by atoms with Crippen molar-refractivity contribution in [3.8, 4) is 0 Å². The van der Waals surface area contributed by atoms with Crippen molar-refractivity contribution in [3.63, 3.8) is 0 Å². The van der Waals surface area contributed by atoms with Gasteiger partial charge in [0.1, 0.15) is 31.0 Å². The summed E-state index contributed by atoms with van der Waals surface area (Å²) in [6.07, 6.45) is -4.02. The lowest BCUT2D eigenvalue weighted by Gasteiger charge is -2.38. The van der Waals surface area contributed by atoms with Crippen LogP contribution in [0, 0.1) is 5.92 Å². The van der Waals surface area contributed by atoms with Crippen molar-refractivity contribution in [2.45, 2.75) is 69.4 Å². The van der Waals surface area contributed by atoms with E-state index in [1.807, 2.05) is 0 Å². The van der Waals surface area contributed by atoms with Crippen LogP contribution in [0.25, 0.3) is 0 Å². The quantitative estimate of drug-likeness (QED) is 0.402. The fraction of sp³-hybridized carbons (Fsp3) is 0.812. The van der Waals surface area contributed by atoms with Crippen LogP contribution in [0.2, 0.25) is 0 Å². The van der Waals surface area contributed by atoms with Gasteiger partial charge in [0.05, 0.1) is 5.60 Å². The zero-order chi connectivity index (χ0) is 18.1. The molecule has 2 aliphatic rings. The van der Waals surface area contributed by atoms with Gasteiger partial charge >= 0.3 is 5.97 Å². The fourth-order valence-electron chi connectivity index (χ4n) is 2.98. The molecule has 8 nitrogen and oxygen atoms in total. The predicted molar refractivity (Wildman–Crippen MR) is 81.6 cm³/mol. The van der Waals surface area contributed by atoms with Crippen molar-refractivity contribution in [2.75, 3.05) is 6.61 Å². The molecule has 1 aliphatic carbocycles. The van der Waals surface area contributed by atoms with Gasteiger partial charge in [-0.25, -0.2) is 4.79 Å². The number of hydrogen-bond acceptors (Lipinski definition) is 8. The minimum atomic E-state index is -1.66. The molecule has 0 amide bonds. The molecule has 1 heterocycles. The minimum absolute atomic E-state index is 0.0735. The Balaban J connectivity index is 1.86. The first-order chi connectivity index (χ1) is 11.1. The number of hydrogen-bond donors (Lipinski definition) is 5. The lowest BCUT2D eigenvalue weighted by atomic mass is 9.79. The van der Waals surface area contributed by atoms with Crippen LogP contribution in [-0.2, 0) is 14.3 Å². The Labute approximate surface area is 140 Å². The lowest BCUT2D eigenvalue weighted by molar-refractivity contribution is -0.287. The van der Waals surface area contributed by atoms with Crippen LogP contribution in [0.4, 0.5) is 0 Å². The number of rotatable bonds is 4. The van der Waals surface area contributed by atoms with Gasteiger partial charge in [0.25, 0.3) is 0 Å². The van der Waals surface area contributed by atoms with E-state index in [1.54, 1.807) is 19.9 Å². The van der Waals surface area contributed by atoms with Crippen LogP contribution in [0.5, 0.6) is 0 Å². The summed E-state index contributed by atoms with van der Waals surface area (Å²) in [7, 11) is 0. The maximum Gasteiger partial charge on any atom is 0.333 e. The Morgan fingerprint density at radius 1 is 1.25 bits per heavy atom. The summed E-state index contributed by atoms with van der Waals surface area (Å²) in [6.45, 7) is 3.12. The standard InChI is InChI=1S/C16H26O8/c1-16(2,22)9-5-3-8(4-6-9)14(20)23-7-10-11(17)12(18)13(19)15(21)24-10/h3,9-13,15,17-19,21-22H,4-7H2,1-2H3. The zero-order valence-corrected chi connectivity index (χ0v) is 13.8. The van der Waals surface area contributed by atoms with Crippen LogP contribution >= 0.6 is 0 Å². The van der Waals surface area contributed by atoms with E-state index >= 15 is 0 Å². The maximum absolute atomic E-state index is 12.1. The highest BCUT2D eigenvalue weighted by Crippen LogP contribution is 2.32. The largest absolute Gasteiger partial charge is 0.459 e. The average molecular weight is 346 g/mol. The van der Waals surface area contributed by atoms with Crippen molar-refractivity contribution in [1.82, 2.24) is 0 Å². The Morgan fingerprint density at radius 2 is 1.92 bits per heavy atom. The highest BCUT2D eigenvalue weighted by molar-refractivity contribution is 5.88. The van der Waals surface area contributed by atoms with Crippen LogP contribution in [0.3, 0.4) is 0 Å². The van der Waals surface area contributed by atoms with Gasteiger partial charge in [0, 0.05) is 5.57 Å². The number of esters is 1. The van der Waals surface area contributed by atoms with Crippen molar-refractivity contribution < 1.29 is 39.8 Å². The second-order valence-electron chi connectivity index (χ2n) is 6.99. The van der Waals surface area contributed by atoms with E-state index in [1.165, 1.54) is 0 Å². The van der Waals surface area contributed by atoms with Gasteiger partial charge in [-0.3, -0.25) is 0 Å². The first kappa shape index (κ1) is 19.3. The van der Waals surface area contributed by atoms with Gasteiger partial charge in [0.15, 0.2) is 6.29 Å². The number of aliphatic hydroxyl groups is 5. The Hall–Kier alpha value is -1.03. The maximum atomic E-state index is 12.1. The second kappa shape index (κ2) is 7.47. The molecule has 1 fully saturated rings. The monoisotopic (exact) mass is 346 g/mol. The second-order valence-corrected chi connectivity index (χ2v) is 6.99. The molecular formula is C16H26O8. The molecule has 0 aromatic rings. The van der Waals surface area contributed by atoms with Crippen molar-refractivity contribution >= 4 is 5.97 Å². The van der Waals surface area contributed by atoms with Crippen molar-refractivity contribution in [1.29, 1.82) is 0 Å². The molecule has 0 spiro atoms. The summed E-state index contributed by atoms with van der Waals surface area (Å²) in [5, 5.41) is 48.2. The highest BCUT2D eigenvalue weighted by atomic mass is 16.6. The minimum Gasteiger partial charge on any atom is -0.459 e. The Bertz CT molecular complexity index is 483. The first-order valence-electron chi connectivity index (χ1n) is 8.07. The Kier molecular flexibility index (Phi) is 6.00. The molecule has 5 N–H and O–H groups in total. The molecule has 24 heavy (non-hydrogen) atoms. The number of ether oxygens (including phenoxy) is 2. The number of carbonyl (C=O) groups is 1. The highest BCUT2D eigenvalue weighted by Gasteiger charge is 2.43. The molecule has 8 heteroatoms. The summed E-state index contributed by atoms with van der Waals surface area (Å²) >= 11 is 0. The van der Waals surface area contributed by atoms with E-state index in [2.05, 4.69) is 0 Å². The van der Waals surface area contributed by atoms with Crippen LogP contribution in [-0.4, -0.2) is 74.4 Å². The fourth-order valence-corrected chi connectivity index (χ4v) is 2.98. The van der Waals surface area contributed by atoms with Crippen LogP contribution < -0.4 is 0 Å². The topological polar surface area (TPSA) is 137 Å². The van der Waals surface area contributed by atoms with E-state index in [0.29, 0.717) is 24.8 Å². The number of carbonyl (C=O) groups excluding carboxylic acids is 1. The van der Waals surface area contributed by atoms with Gasteiger partial charge < -0.3 is 35.0 Å². The summed E-state index contributed by atoms with van der Waals surface area (Å²) in [4.78, 5) is 12.1. The lowest BCUT2D eigenvalue weighted by Crippen LogP contribution is -2.58. The molecular weight excluding hydrogens is 320 g/mol. The molecule has 0 aromatic heterocycles. The third-order valence-electron chi connectivity index (χ3n) is 4.74. The van der Waals surface area contributed by atoms with Crippen LogP contribution in [0.15, 0.2) is 11.6 Å². The zero-order valence-electron chi connectivity index (χ0n) is 13.8. The van der Waals surface area contributed by atoms with Crippen molar-refractivity contribution in [3.05, 3.63) is 11.6 Å². The predicted octanol–water partition coefficient (Wildman–Crippen LogP) is -1.17. The smallest absolute Gasteiger partial charge is 0.333 e. The van der Waals surface area contributed by atoms with Gasteiger partial charge in [-0.2, -0.15) is 0 Å². The molecule has 1 saturated heterocycles. The van der Waals surface area contributed by atoms with Gasteiger partial charge in [0.2, 0.25) is 0 Å². The third-order valence-corrected chi connectivity index (χ3v) is 4.74. The summed E-state index contributed by atoms with van der Waals surface area (Å²) in [5.41, 5.74) is -0.319. The molecule has 6 unspecified atom stereocenters. The number of aliphatic hydroxyl groups excluding tert-OH is 4. The molecule has 6 atom stereocenters. The normalized spacial score (nSPS) is 37.7. The van der Waals surface area contributed by atoms with E-state index in [-0.39, 0.29) is 12.5 Å². The molecule has 2 rings (SSSR count). The third kappa shape index (κ3) is 4.33. The molecule has 0 bridgehead atoms. The van der Waals surface area contributed by atoms with E-state index in [9.17, 15) is 30.3 Å². The van der Waals surface area contributed by atoms with E-state index in [0.717, 1.165) is 0 Å². The molecule has 1 aliphatic heterocycles. The van der Waals surface area contributed by atoms with E-state index in [4.69, 9.17) is 9.47 Å². The molecule has 0 saturated carbocycles. The Morgan fingerprint density at radius 3 is 2.46 bits per heavy atom. The number of allylic oxidation sites excluding steroid dienone is 1. The summed E-state index contributed by atoms with van der Waals surface area (Å²) < 4.78 is 10.0. The summed E-state index contributed by atoms with van der Waals surface area (Å²) in [6, 6.07) is 0. The molecule has 0 aromatic carbocycles. The SMILES string of the molecule is CC(C)(O)C1CC=C(C(=O)OCC2OC(O)C(O)C(O)C2O)CC1. The van der Waals surface area contributed by atoms with E-state index < -0.39 is 42.3 Å². The average Bonchev–Trinajstić information content (AvgIpc) is 2.54. The van der Waals surface area contributed by atoms with Gasteiger partial charge in [-0.15, -0.1) is 0 Å². The van der Waals surface area contributed by atoms with Crippen molar-refractivity contribution in [2.24, 2.45) is 5.92 Å². The van der Waals surface area contributed by atoms with Gasteiger partial charge in [-0.05, 0) is 39.0 Å². The molecule has 138 valence electrons. The van der Waals surface area contributed by atoms with Gasteiger partial charge in [-0.1, -0.05) is 6.08 Å². The first-order valence-corrected chi connectivity index (χ1v) is 8.07.